The molecular formula is C21H41NO2. The second-order valence-corrected chi connectivity index (χ2v) is 9.14. The summed E-state index contributed by atoms with van der Waals surface area (Å²) >= 11 is 0. The Kier molecular flexibility index (Phi) is 8.76. The van der Waals surface area contributed by atoms with Crippen LogP contribution in [-0.2, 0) is 9.53 Å². The van der Waals surface area contributed by atoms with Crippen molar-refractivity contribution in [2.24, 2.45) is 5.41 Å². The highest BCUT2D eigenvalue weighted by Crippen LogP contribution is 2.33. The summed E-state index contributed by atoms with van der Waals surface area (Å²) in [6, 6.07) is 0.142. The molecule has 2 unspecified atom stereocenters. The van der Waals surface area contributed by atoms with Gasteiger partial charge in [-0.2, -0.15) is 0 Å². The van der Waals surface area contributed by atoms with Gasteiger partial charge in [0.15, 0.2) is 0 Å². The second kappa shape index (κ2) is 9.79. The number of carbonyl (C=O) groups is 1. The maximum absolute atomic E-state index is 11.5. The van der Waals surface area contributed by atoms with Gasteiger partial charge >= 0.3 is 0 Å². The molecule has 0 spiro atoms. The van der Waals surface area contributed by atoms with Crippen LogP contribution in [0.15, 0.2) is 0 Å². The largest absolute Gasteiger partial charge is 0.370 e. The number of nitrogens with one attached hydrogen (secondary N) is 1. The molecule has 1 rings (SSSR count). The van der Waals surface area contributed by atoms with Gasteiger partial charge in [0, 0.05) is 6.42 Å². The van der Waals surface area contributed by atoms with Crippen LogP contribution in [0.25, 0.3) is 0 Å². The molecule has 3 heteroatoms. The Bertz CT molecular complexity index is 371. The smallest absolute Gasteiger partial charge is 0.220 e. The molecule has 0 aliphatic carbocycles. The Morgan fingerprint density at radius 3 is 2.12 bits per heavy atom. The van der Waals surface area contributed by atoms with Crippen LogP contribution in [0.1, 0.15) is 106 Å². The maximum Gasteiger partial charge on any atom is 0.220 e. The first-order chi connectivity index (χ1) is 11.2. The predicted molar refractivity (Wildman–Crippen MR) is 102 cm³/mol. The van der Waals surface area contributed by atoms with E-state index in [1.807, 2.05) is 0 Å². The Morgan fingerprint density at radius 1 is 1.04 bits per heavy atom. The first kappa shape index (κ1) is 21.5. The van der Waals surface area contributed by atoms with Crippen LogP contribution in [-0.4, -0.2) is 23.7 Å². The summed E-state index contributed by atoms with van der Waals surface area (Å²) in [5.41, 5.74) is -0.173. The normalized spacial score (nSPS) is 20.2. The minimum absolute atomic E-state index is 0.127. The van der Waals surface area contributed by atoms with Crippen molar-refractivity contribution in [3.05, 3.63) is 0 Å². The molecule has 0 bridgehead atoms. The highest BCUT2D eigenvalue weighted by molar-refractivity contribution is 5.78. The standard InChI is InChI=1S/C21H41NO2/c1-7-8-9-10-11-12-13-14-18(20(2,3)4)24-21(5,6)17-15-16-19(23)22-17/h17-18H,7-16H2,1-6H3,(H,22,23). The van der Waals surface area contributed by atoms with E-state index in [2.05, 4.69) is 46.9 Å². The zero-order valence-corrected chi connectivity index (χ0v) is 17.0. The van der Waals surface area contributed by atoms with E-state index in [0.29, 0.717) is 6.42 Å². The molecule has 24 heavy (non-hydrogen) atoms. The lowest BCUT2D eigenvalue weighted by Crippen LogP contribution is -2.50. The Balaban J connectivity index is 2.43. The lowest BCUT2D eigenvalue weighted by molar-refractivity contribution is -0.135. The van der Waals surface area contributed by atoms with E-state index in [4.69, 9.17) is 4.74 Å². The fourth-order valence-corrected chi connectivity index (χ4v) is 3.54. The lowest BCUT2D eigenvalue weighted by Gasteiger charge is -2.41. The molecule has 1 aliphatic rings. The molecule has 1 aliphatic heterocycles. The van der Waals surface area contributed by atoms with Gasteiger partial charge < -0.3 is 10.1 Å². The minimum Gasteiger partial charge on any atom is -0.370 e. The summed E-state index contributed by atoms with van der Waals surface area (Å²) in [6.07, 6.45) is 12.2. The highest BCUT2D eigenvalue weighted by Gasteiger charge is 2.39. The summed E-state index contributed by atoms with van der Waals surface area (Å²) < 4.78 is 6.57. The van der Waals surface area contributed by atoms with Crippen molar-refractivity contribution in [3.63, 3.8) is 0 Å². The zero-order valence-electron chi connectivity index (χ0n) is 17.0. The van der Waals surface area contributed by atoms with Crippen molar-refractivity contribution >= 4 is 5.91 Å². The van der Waals surface area contributed by atoms with E-state index in [1.54, 1.807) is 0 Å². The van der Waals surface area contributed by atoms with E-state index in [1.165, 1.54) is 44.9 Å². The van der Waals surface area contributed by atoms with Crippen LogP contribution in [0.2, 0.25) is 0 Å². The van der Waals surface area contributed by atoms with Crippen molar-refractivity contribution in [2.75, 3.05) is 0 Å². The van der Waals surface area contributed by atoms with Crippen molar-refractivity contribution in [1.82, 2.24) is 5.32 Å². The van der Waals surface area contributed by atoms with Crippen molar-refractivity contribution in [1.29, 1.82) is 0 Å². The number of ether oxygens (including phenoxy) is 1. The van der Waals surface area contributed by atoms with Crippen molar-refractivity contribution < 1.29 is 9.53 Å². The third kappa shape index (κ3) is 7.55. The quantitative estimate of drug-likeness (QED) is 0.496. The molecular weight excluding hydrogens is 298 g/mol. The third-order valence-corrected chi connectivity index (χ3v) is 5.32. The monoisotopic (exact) mass is 339 g/mol. The van der Waals surface area contributed by atoms with Gasteiger partial charge in [-0.05, 0) is 32.1 Å². The van der Waals surface area contributed by atoms with Gasteiger partial charge in [-0.15, -0.1) is 0 Å². The van der Waals surface area contributed by atoms with Gasteiger partial charge in [-0.1, -0.05) is 72.6 Å². The predicted octanol–water partition coefficient (Wildman–Crippen LogP) is 5.62. The second-order valence-electron chi connectivity index (χ2n) is 9.14. The summed E-state index contributed by atoms with van der Waals surface area (Å²) in [6.45, 7) is 13.3. The van der Waals surface area contributed by atoms with E-state index in [0.717, 1.165) is 12.8 Å². The van der Waals surface area contributed by atoms with Crippen LogP contribution in [0.4, 0.5) is 0 Å². The highest BCUT2D eigenvalue weighted by atomic mass is 16.5. The molecule has 1 amide bonds. The Hall–Kier alpha value is -0.570. The van der Waals surface area contributed by atoms with E-state index >= 15 is 0 Å². The van der Waals surface area contributed by atoms with Crippen LogP contribution in [0, 0.1) is 5.41 Å². The molecule has 1 fully saturated rings. The van der Waals surface area contributed by atoms with Gasteiger partial charge in [0.2, 0.25) is 5.91 Å². The molecule has 0 aromatic heterocycles. The number of hydrogen-bond acceptors (Lipinski definition) is 2. The third-order valence-electron chi connectivity index (χ3n) is 5.32. The molecule has 0 radical (unpaired) electrons. The molecule has 1 heterocycles. The van der Waals surface area contributed by atoms with Crippen LogP contribution >= 0.6 is 0 Å². The van der Waals surface area contributed by atoms with Gasteiger partial charge in [0.1, 0.15) is 0 Å². The molecule has 1 N–H and O–H groups in total. The molecule has 1 saturated heterocycles. The van der Waals surface area contributed by atoms with Gasteiger partial charge in [-0.3, -0.25) is 4.79 Å². The average molecular weight is 340 g/mol. The lowest BCUT2D eigenvalue weighted by atomic mass is 9.84. The Labute approximate surface area is 150 Å². The molecule has 3 nitrogen and oxygen atoms in total. The molecule has 0 aromatic carbocycles. The SMILES string of the molecule is CCCCCCCCCC(OC(C)(C)C1CCC(=O)N1)C(C)(C)C. The fourth-order valence-electron chi connectivity index (χ4n) is 3.54. The van der Waals surface area contributed by atoms with Crippen LogP contribution < -0.4 is 5.32 Å². The van der Waals surface area contributed by atoms with Gasteiger partial charge in [0.05, 0.1) is 17.7 Å². The maximum atomic E-state index is 11.5. The minimum atomic E-state index is -0.300. The van der Waals surface area contributed by atoms with E-state index < -0.39 is 0 Å². The van der Waals surface area contributed by atoms with Gasteiger partial charge in [-0.25, -0.2) is 0 Å². The van der Waals surface area contributed by atoms with Gasteiger partial charge in [0.25, 0.3) is 0 Å². The number of unbranched alkanes of at least 4 members (excludes halogenated alkanes) is 6. The number of hydrogen-bond donors (Lipinski definition) is 1. The fraction of sp³-hybridized carbons (Fsp3) is 0.952. The van der Waals surface area contributed by atoms with E-state index in [9.17, 15) is 4.79 Å². The number of carbonyl (C=O) groups excluding carboxylic acids is 1. The average Bonchev–Trinajstić information content (AvgIpc) is 2.91. The number of rotatable bonds is 11. The zero-order chi connectivity index (χ0) is 18.2. The summed E-state index contributed by atoms with van der Waals surface area (Å²) in [5, 5.41) is 3.08. The molecule has 0 saturated carbocycles. The topological polar surface area (TPSA) is 38.3 Å². The number of amides is 1. The van der Waals surface area contributed by atoms with Crippen molar-refractivity contribution in [3.8, 4) is 0 Å². The molecule has 0 aromatic rings. The Morgan fingerprint density at radius 2 is 1.62 bits per heavy atom. The van der Waals surface area contributed by atoms with Crippen LogP contribution in [0.3, 0.4) is 0 Å². The molecule has 2 atom stereocenters. The summed E-state index contributed by atoms with van der Waals surface area (Å²) in [5.74, 6) is 0.163. The summed E-state index contributed by atoms with van der Waals surface area (Å²) in [7, 11) is 0. The first-order valence-corrected chi connectivity index (χ1v) is 10.1. The van der Waals surface area contributed by atoms with Crippen molar-refractivity contribution in [2.45, 2.75) is 123 Å². The first-order valence-electron chi connectivity index (χ1n) is 10.1. The summed E-state index contributed by atoms with van der Waals surface area (Å²) in [4.78, 5) is 11.5. The molecule has 142 valence electrons. The van der Waals surface area contributed by atoms with Crippen LogP contribution in [0.5, 0.6) is 0 Å². The van der Waals surface area contributed by atoms with E-state index in [-0.39, 0.29) is 29.1 Å².